The van der Waals surface area contributed by atoms with E-state index in [1.165, 1.54) is 7.11 Å². The normalized spacial score (nSPS) is 18.1. The summed E-state index contributed by atoms with van der Waals surface area (Å²) in [6, 6.07) is 9.26. The number of methoxy groups -OCH3 is 2. The number of amides is 1. The van der Waals surface area contributed by atoms with E-state index in [1.807, 2.05) is 24.3 Å². The summed E-state index contributed by atoms with van der Waals surface area (Å²) in [5, 5.41) is 3.18. The summed E-state index contributed by atoms with van der Waals surface area (Å²) in [7, 11) is 2.98. The van der Waals surface area contributed by atoms with Crippen molar-refractivity contribution < 1.29 is 19.1 Å². The van der Waals surface area contributed by atoms with Crippen molar-refractivity contribution in [3.8, 4) is 5.75 Å². The van der Waals surface area contributed by atoms with Crippen LogP contribution in [0, 0.1) is 5.92 Å². The molecule has 0 spiro atoms. The standard InChI is InChI=1S/C19H21N3O4/c1-25-12-5-3-11(4-6-12)9-21-17-10-22-16(8-15(17)18(20)23)13-7-14(13)19(24)26-2/h3-6,8,10,13-14,21H,7,9H2,1-2H3,(H2,20,23). The second kappa shape index (κ2) is 7.43. The Bertz CT molecular complexity index is 820. The number of carbonyl (C=O) groups is 2. The van der Waals surface area contributed by atoms with Gasteiger partial charge in [-0.15, -0.1) is 0 Å². The molecule has 1 heterocycles. The maximum Gasteiger partial charge on any atom is 0.309 e. The van der Waals surface area contributed by atoms with Crippen molar-refractivity contribution in [3.05, 3.63) is 53.3 Å². The molecule has 1 saturated carbocycles. The van der Waals surface area contributed by atoms with Gasteiger partial charge < -0.3 is 20.5 Å². The van der Waals surface area contributed by atoms with Crippen LogP contribution in [-0.4, -0.2) is 31.1 Å². The molecule has 3 rings (SSSR count). The molecular formula is C19H21N3O4. The molecule has 136 valence electrons. The lowest BCUT2D eigenvalue weighted by Gasteiger charge is -2.12. The van der Waals surface area contributed by atoms with Crippen LogP contribution in [0.15, 0.2) is 36.5 Å². The number of aromatic nitrogens is 1. The highest BCUT2D eigenvalue weighted by Crippen LogP contribution is 2.47. The van der Waals surface area contributed by atoms with Gasteiger partial charge in [0.25, 0.3) is 5.91 Å². The molecular weight excluding hydrogens is 334 g/mol. The van der Waals surface area contributed by atoms with Crippen LogP contribution in [0.25, 0.3) is 0 Å². The van der Waals surface area contributed by atoms with Crippen LogP contribution < -0.4 is 15.8 Å². The van der Waals surface area contributed by atoms with Gasteiger partial charge in [-0.25, -0.2) is 0 Å². The third-order valence-corrected chi connectivity index (χ3v) is 4.51. The molecule has 26 heavy (non-hydrogen) atoms. The van der Waals surface area contributed by atoms with E-state index in [-0.39, 0.29) is 17.8 Å². The number of hydrogen-bond donors (Lipinski definition) is 2. The Kier molecular flexibility index (Phi) is 5.06. The minimum absolute atomic E-state index is 0.0174. The Morgan fingerprint density at radius 1 is 1.27 bits per heavy atom. The first-order chi connectivity index (χ1) is 12.5. The van der Waals surface area contributed by atoms with Gasteiger partial charge in [0, 0.05) is 18.2 Å². The van der Waals surface area contributed by atoms with Gasteiger partial charge in [0.1, 0.15) is 5.75 Å². The summed E-state index contributed by atoms with van der Waals surface area (Å²) in [5.41, 5.74) is 8.15. The predicted octanol–water partition coefficient (Wildman–Crippen LogP) is 2.08. The molecule has 1 aliphatic rings. The van der Waals surface area contributed by atoms with Gasteiger partial charge in [0.2, 0.25) is 0 Å². The van der Waals surface area contributed by atoms with Gasteiger partial charge in [-0.3, -0.25) is 14.6 Å². The van der Waals surface area contributed by atoms with E-state index in [2.05, 4.69) is 10.3 Å². The number of anilines is 1. The van der Waals surface area contributed by atoms with Crippen LogP contribution in [0.4, 0.5) is 5.69 Å². The molecule has 1 aromatic heterocycles. The molecule has 7 nitrogen and oxygen atoms in total. The van der Waals surface area contributed by atoms with Crippen molar-refractivity contribution >= 4 is 17.6 Å². The SMILES string of the molecule is COC(=O)C1CC1c1cc(C(N)=O)c(NCc2ccc(OC)cc2)cn1. The molecule has 2 atom stereocenters. The smallest absolute Gasteiger partial charge is 0.309 e. The highest BCUT2D eigenvalue weighted by molar-refractivity contribution is 5.98. The van der Waals surface area contributed by atoms with Crippen molar-refractivity contribution in [3.63, 3.8) is 0 Å². The number of ether oxygens (including phenoxy) is 2. The molecule has 0 aliphatic heterocycles. The average Bonchev–Trinajstić information content (AvgIpc) is 3.46. The molecule has 2 unspecified atom stereocenters. The van der Waals surface area contributed by atoms with Crippen LogP contribution in [0.3, 0.4) is 0 Å². The van der Waals surface area contributed by atoms with Gasteiger partial charge in [-0.05, 0) is 30.2 Å². The molecule has 1 aromatic carbocycles. The Morgan fingerprint density at radius 2 is 2.00 bits per heavy atom. The molecule has 1 aliphatic carbocycles. The lowest BCUT2D eigenvalue weighted by molar-refractivity contribution is -0.142. The highest BCUT2D eigenvalue weighted by Gasteiger charge is 2.46. The third-order valence-electron chi connectivity index (χ3n) is 4.51. The van der Waals surface area contributed by atoms with E-state index in [9.17, 15) is 9.59 Å². The summed E-state index contributed by atoms with van der Waals surface area (Å²) < 4.78 is 9.88. The number of nitrogens with two attached hydrogens (primary N) is 1. The quantitative estimate of drug-likeness (QED) is 0.737. The minimum atomic E-state index is -0.541. The number of nitrogens with one attached hydrogen (secondary N) is 1. The number of pyridine rings is 1. The first kappa shape index (κ1) is 17.7. The topological polar surface area (TPSA) is 104 Å². The molecule has 0 saturated heterocycles. The maximum absolute atomic E-state index is 11.8. The summed E-state index contributed by atoms with van der Waals surface area (Å²) in [4.78, 5) is 27.8. The second-order valence-electron chi connectivity index (χ2n) is 6.19. The van der Waals surface area contributed by atoms with Crippen LogP contribution in [0.5, 0.6) is 5.75 Å². The predicted molar refractivity (Wildman–Crippen MR) is 95.9 cm³/mol. The van der Waals surface area contributed by atoms with Gasteiger partial charge in [-0.1, -0.05) is 12.1 Å². The van der Waals surface area contributed by atoms with Crippen LogP contribution in [0.2, 0.25) is 0 Å². The van der Waals surface area contributed by atoms with Gasteiger partial charge in [0.05, 0.1) is 37.6 Å². The van der Waals surface area contributed by atoms with Crippen molar-refractivity contribution in [2.75, 3.05) is 19.5 Å². The zero-order valence-electron chi connectivity index (χ0n) is 14.7. The van der Waals surface area contributed by atoms with E-state index in [4.69, 9.17) is 15.2 Å². The lowest BCUT2D eigenvalue weighted by atomic mass is 10.1. The summed E-state index contributed by atoms with van der Waals surface area (Å²) in [6.45, 7) is 0.513. The maximum atomic E-state index is 11.8. The number of esters is 1. The number of nitrogens with zero attached hydrogens (tertiary/aromatic N) is 1. The lowest BCUT2D eigenvalue weighted by Crippen LogP contribution is -2.16. The van der Waals surface area contributed by atoms with E-state index in [0.717, 1.165) is 11.3 Å². The number of carbonyl (C=O) groups excluding carboxylic acids is 2. The Morgan fingerprint density at radius 3 is 2.62 bits per heavy atom. The van der Waals surface area contributed by atoms with Crippen molar-refractivity contribution in [1.29, 1.82) is 0 Å². The van der Waals surface area contributed by atoms with Gasteiger partial charge >= 0.3 is 5.97 Å². The zero-order chi connectivity index (χ0) is 18.7. The van der Waals surface area contributed by atoms with Crippen molar-refractivity contribution in [1.82, 2.24) is 4.98 Å². The summed E-state index contributed by atoms with van der Waals surface area (Å²) in [5.74, 6) is -0.218. The Labute approximate surface area is 151 Å². The first-order valence-electron chi connectivity index (χ1n) is 8.28. The van der Waals surface area contributed by atoms with Gasteiger partial charge in [0.15, 0.2) is 0 Å². The number of hydrogen-bond acceptors (Lipinski definition) is 6. The van der Waals surface area contributed by atoms with Crippen molar-refractivity contribution in [2.24, 2.45) is 11.7 Å². The van der Waals surface area contributed by atoms with E-state index in [0.29, 0.717) is 29.9 Å². The Balaban J connectivity index is 1.73. The summed E-state index contributed by atoms with van der Waals surface area (Å²) >= 11 is 0. The molecule has 7 heteroatoms. The number of rotatable bonds is 7. The van der Waals surface area contributed by atoms with E-state index in [1.54, 1.807) is 19.4 Å². The fraction of sp³-hybridized carbons (Fsp3) is 0.316. The first-order valence-corrected chi connectivity index (χ1v) is 8.28. The monoisotopic (exact) mass is 355 g/mol. The minimum Gasteiger partial charge on any atom is -0.497 e. The average molecular weight is 355 g/mol. The number of primary amides is 1. The zero-order valence-corrected chi connectivity index (χ0v) is 14.7. The van der Waals surface area contributed by atoms with Gasteiger partial charge in [-0.2, -0.15) is 0 Å². The van der Waals surface area contributed by atoms with Crippen LogP contribution in [0.1, 0.15) is 34.0 Å². The molecule has 1 fully saturated rings. The molecule has 1 amide bonds. The fourth-order valence-electron chi connectivity index (χ4n) is 2.89. The second-order valence-corrected chi connectivity index (χ2v) is 6.19. The molecule has 2 aromatic rings. The molecule has 3 N–H and O–H groups in total. The third kappa shape index (κ3) is 3.77. The fourth-order valence-corrected chi connectivity index (χ4v) is 2.89. The molecule has 0 bridgehead atoms. The Hall–Kier alpha value is -3.09. The summed E-state index contributed by atoms with van der Waals surface area (Å²) in [6.07, 6.45) is 2.27. The van der Waals surface area contributed by atoms with E-state index >= 15 is 0 Å². The van der Waals surface area contributed by atoms with Crippen LogP contribution in [-0.2, 0) is 16.1 Å². The molecule has 0 radical (unpaired) electrons. The van der Waals surface area contributed by atoms with Crippen LogP contribution >= 0.6 is 0 Å². The highest BCUT2D eigenvalue weighted by atomic mass is 16.5. The van der Waals surface area contributed by atoms with E-state index < -0.39 is 5.91 Å². The largest absolute Gasteiger partial charge is 0.497 e. The number of benzene rings is 1. The van der Waals surface area contributed by atoms with Crippen molar-refractivity contribution in [2.45, 2.75) is 18.9 Å².